The maximum Gasteiger partial charge on any atom is 0.268 e. The minimum Gasteiger partial charge on any atom is -0.384 e. The van der Waals surface area contributed by atoms with Crippen LogP contribution >= 0.6 is 11.8 Å². The summed E-state index contributed by atoms with van der Waals surface area (Å²) in [4.78, 5) is 15.2. The Hall–Kier alpha value is -2.70. The molecule has 0 atom stereocenters. The lowest BCUT2D eigenvalue weighted by atomic mass is 9.97. The summed E-state index contributed by atoms with van der Waals surface area (Å²) in [6.45, 7) is 2.05. The number of hydrogen-bond acceptors (Lipinski definition) is 5. The van der Waals surface area contributed by atoms with Crippen molar-refractivity contribution >= 4 is 17.6 Å². The second kappa shape index (κ2) is 6.17. The van der Waals surface area contributed by atoms with Crippen molar-refractivity contribution in [1.82, 2.24) is 4.98 Å². The van der Waals surface area contributed by atoms with E-state index < -0.39 is 5.56 Å². The van der Waals surface area contributed by atoms with Gasteiger partial charge in [0.1, 0.15) is 29.1 Å². The van der Waals surface area contributed by atoms with Crippen LogP contribution in [0, 0.1) is 22.7 Å². The second-order valence-electron chi connectivity index (χ2n) is 4.17. The summed E-state index contributed by atoms with van der Waals surface area (Å²) in [5.41, 5.74) is 6.02. The van der Waals surface area contributed by atoms with Gasteiger partial charge in [0.2, 0.25) is 0 Å². The highest BCUT2D eigenvalue weighted by atomic mass is 32.2. The van der Waals surface area contributed by atoms with Crippen molar-refractivity contribution in [2.24, 2.45) is 0 Å². The van der Waals surface area contributed by atoms with Crippen LogP contribution in [-0.2, 0) is 0 Å². The Bertz CT molecular complexity index is 810. The van der Waals surface area contributed by atoms with Gasteiger partial charge >= 0.3 is 0 Å². The smallest absolute Gasteiger partial charge is 0.268 e. The molecule has 1 aromatic carbocycles. The fraction of sp³-hybridized carbons (Fsp3) is 0.133. The lowest BCUT2D eigenvalue weighted by Gasteiger charge is -2.09. The first-order valence-electron chi connectivity index (χ1n) is 6.21. The number of nitrogens with two attached hydrogens (primary N) is 1. The van der Waals surface area contributed by atoms with Gasteiger partial charge in [0.15, 0.2) is 0 Å². The SMILES string of the molecule is CCSc1ccc(-c2c(C#N)c(N)[nH]c(=O)c2C#N)cc1. The largest absolute Gasteiger partial charge is 0.384 e. The lowest BCUT2D eigenvalue weighted by molar-refractivity contribution is 1.21. The summed E-state index contributed by atoms with van der Waals surface area (Å²) >= 11 is 1.68. The van der Waals surface area contributed by atoms with E-state index >= 15 is 0 Å². The molecule has 0 fully saturated rings. The summed E-state index contributed by atoms with van der Waals surface area (Å²) in [5.74, 6) is 0.924. The van der Waals surface area contributed by atoms with E-state index in [1.165, 1.54) is 0 Å². The van der Waals surface area contributed by atoms with Gasteiger partial charge in [-0.1, -0.05) is 19.1 Å². The molecule has 0 saturated carbocycles. The molecule has 2 aromatic rings. The number of aromatic amines is 1. The molecule has 0 amide bonds. The van der Waals surface area contributed by atoms with Crippen molar-refractivity contribution in [1.29, 1.82) is 10.5 Å². The molecule has 3 N–H and O–H groups in total. The van der Waals surface area contributed by atoms with Crippen LogP contribution < -0.4 is 11.3 Å². The zero-order chi connectivity index (χ0) is 15.4. The van der Waals surface area contributed by atoms with Gasteiger partial charge in [0, 0.05) is 10.5 Å². The number of nitrogens with zero attached hydrogens (tertiary/aromatic N) is 2. The molecule has 5 nitrogen and oxygen atoms in total. The number of nitrogen functional groups attached to an aromatic ring is 1. The van der Waals surface area contributed by atoms with Crippen molar-refractivity contribution < 1.29 is 0 Å². The first-order chi connectivity index (χ1) is 10.1. The van der Waals surface area contributed by atoms with Gasteiger partial charge in [-0.15, -0.1) is 11.8 Å². The first kappa shape index (κ1) is 14.7. The van der Waals surface area contributed by atoms with Crippen molar-refractivity contribution in [2.45, 2.75) is 11.8 Å². The van der Waals surface area contributed by atoms with Crippen LogP contribution in [-0.4, -0.2) is 10.7 Å². The number of nitrogens with one attached hydrogen (secondary N) is 1. The van der Waals surface area contributed by atoms with E-state index in [9.17, 15) is 15.3 Å². The molecule has 0 aliphatic heterocycles. The molecule has 0 aliphatic carbocycles. The molecule has 0 spiro atoms. The molecular weight excluding hydrogens is 284 g/mol. The predicted octanol–water partition coefficient (Wildman–Crippen LogP) is 2.48. The molecule has 0 saturated heterocycles. The molecule has 1 heterocycles. The Balaban J connectivity index is 2.71. The number of nitriles is 2. The Morgan fingerprint density at radius 3 is 2.33 bits per heavy atom. The van der Waals surface area contributed by atoms with E-state index in [0.29, 0.717) is 5.56 Å². The fourth-order valence-electron chi connectivity index (χ4n) is 2.02. The van der Waals surface area contributed by atoms with Crippen molar-refractivity contribution in [2.75, 3.05) is 11.5 Å². The first-order valence-corrected chi connectivity index (χ1v) is 7.20. The van der Waals surface area contributed by atoms with Gasteiger partial charge in [-0.25, -0.2) is 0 Å². The highest BCUT2D eigenvalue weighted by molar-refractivity contribution is 7.99. The number of hydrogen-bond donors (Lipinski definition) is 2. The third-order valence-corrected chi connectivity index (χ3v) is 3.82. The minimum absolute atomic E-state index is 0.0245. The normalized spacial score (nSPS) is 9.86. The summed E-state index contributed by atoms with van der Waals surface area (Å²) in [5, 5.41) is 18.4. The van der Waals surface area contributed by atoms with Crippen molar-refractivity contribution in [3.63, 3.8) is 0 Å². The predicted molar refractivity (Wildman–Crippen MR) is 82.7 cm³/mol. The quantitative estimate of drug-likeness (QED) is 0.846. The number of benzene rings is 1. The molecule has 0 bridgehead atoms. The van der Waals surface area contributed by atoms with E-state index in [0.717, 1.165) is 10.6 Å². The number of pyridine rings is 1. The highest BCUT2D eigenvalue weighted by Gasteiger charge is 2.17. The van der Waals surface area contributed by atoms with Crippen LogP contribution in [0.2, 0.25) is 0 Å². The standard InChI is InChI=1S/C15H12N4OS/c1-2-21-10-5-3-9(4-6-10)13-11(7-16)14(18)19-15(20)12(13)8-17/h3-6H,2H2,1H3,(H3,18,19,20). The average Bonchev–Trinajstić information content (AvgIpc) is 2.48. The molecule has 21 heavy (non-hydrogen) atoms. The summed E-state index contributed by atoms with van der Waals surface area (Å²) in [6, 6.07) is 11.2. The molecule has 104 valence electrons. The van der Waals surface area contributed by atoms with Crippen LogP contribution in [0.3, 0.4) is 0 Å². The van der Waals surface area contributed by atoms with Gasteiger partial charge in [-0.05, 0) is 23.4 Å². The minimum atomic E-state index is -0.587. The Morgan fingerprint density at radius 2 is 1.81 bits per heavy atom. The van der Waals surface area contributed by atoms with Crippen molar-refractivity contribution in [3.05, 3.63) is 45.7 Å². The van der Waals surface area contributed by atoms with Crippen LogP contribution in [0.25, 0.3) is 11.1 Å². The average molecular weight is 296 g/mol. The van der Waals surface area contributed by atoms with E-state index in [1.807, 2.05) is 24.3 Å². The summed E-state index contributed by atoms with van der Waals surface area (Å²) < 4.78 is 0. The maximum absolute atomic E-state index is 11.8. The van der Waals surface area contributed by atoms with E-state index in [1.54, 1.807) is 23.9 Å². The number of thioether (sulfide) groups is 1. The van der Waals surface area contributed by atoms with E-state index in [4.69, 9.17) is 5.73 Å². The fourth-order valence-corrected chi connectivity index (χ4v) is 2.68. The molecule has 0 aliphatic rings. The van der Waals surface area contributed by atoms with Crippen molar-refractivity contribution in [3.8, 4) is 23.3 Å². The Kier molecular flexibility index (Phi) is 4.32. The molecule has 0 radical (unpaired) electrons. The maximum atomic E-state index is 11.8. The summed E-state index contributed by atoms with van der Waals surface area (Å²) in [7, 11) is 0. The van der Waals surface area contributed by atoms with E-state index in [2.05, 4.69) is 11.9 Å². The zero-order valence-corrected chi connectivity index (χ0v) is 12.1. The molecule has 6 heteroatoms. The van der Waals surface area contributed by atoms with Crippen LogP contribution in [0.5, 0.6) is 0 Å². The van der Waals surface area contributed by atoms with Crippen LogP contribution in [0.4, 0.5) is 5.82 Å². The number of anilines is 1. The van der Waals surface area contributed by atoms with Gasteiger partial charge < -0.3 is 10.7 Å². The molecule has 2 rings (SSSR count). The van der Waals surface area contributed by atoms with Gasteiger partial charge in [-0.2, -0.15) is 10.5 Å². The van der Waals surface area contributed by atoms with Gasteiger partial charge in [-0.3, -0.25) is 4.79 Å². The number of rotatable bonds is 3. The Morgan fingerprint density at radius 1 is 1.19 bits per heavy atom. The third kappa shape index (κ3) is 2.76. The molecule has 1 aromatic heterocycles. The number of H-pyrrole nitrogens is 1. The number of aromatic nitrogens is 1. The Labute approximate surface area is 126 Å². The lowest BCUT2D eigenvalue weighted by Crippen LogP contribution is -2.16. The van der Waals surface area contributed by atoms with Crippen LogP contribution in [0.1, 0.15) is 18.1 Å². The topological polar surface area (TPSA) is 106 Å². The summed E-state index contributed by atoms with van der Waals surface area (Å²) in [6.07, 6.45) is 0. The van der Waals surface area contributed by atoms with Crippen LogP contribution in [0.15, 0.2) is 34.0 Å². The van der Waals surface area contributed by atoms with Gasteiger partial charge in [0.25, 0.3) is 5.56 Å². The monoisotopic (exact) mass is 296 g/mol. The molecule has 0 unspecified atom stereocenters. The van der Waals surface area contributed by atoms with E-state index in [-0.39, 0.29) is 22.5 Å². The second-order valence-corrected chi connectivity index (χ2v) is 5.51. The molecular formula is C15H12N4OS. The van der Waals surface area contributed by atoms with Gasteiger partial charge in [0.05, 0.1) is 0 Å². The highest BCUT2D eigenvalue weighted by Crippen LogP contribution is 2.29. The zero-order valence-electron chi connectivity index (χ0n) is 11.3. The third-order valence-electron chi connectivity index (χ3n) is 2.92.